The first-order chi connectivity index (χ1) is 68.7. The second-order valence-electron chi connectivity index (χ2n) is 46.7. The molecule has 20 rings (SSSR count). The number of nitrogens with zero attached hydrogens (tertiary/aromatic N) is 5. The molecule has 16 aromatic carbocycles. The van der Waals surface area contributed by atoms with E-state index in [1.54, 1.807) is 18.8 Å². The quantitative estimate of drug-likeness (QED) is 0.0952. The van der Waals surface area contributed by atoms with Crippen molar-refractivity contribution in [3.63, 3.8) is 0 Å². The van der Waals surface area contributed by atoms with Gasteiger partial charge in [-0.25, -0.2) is 0 Å². The molecule has 0 saturated carbocycles. The van der Waals surface area contributed by atoms with E-state index in [2.05, 4.69) is 505 Å². The van der Waals surface area contributed by atoms with E-state index in [1.165, 1.54) is 33.4 Å². The number of para-hydroxylation sites is 4. The lowest BCUT2D eigenvalue weighted by Crippen LogP contribution is -2.19. The second-order valence-corrected chi connectivity index (χ2v) is 47.8. The van der Waals surface area contributed by atoms with Gasteiger partial charge >= 0.3 is 0 Å². The fourth-order valence-corrected chi connectivity index (χ4v) is 19.6. The van der Waals surface area contributed by atoms with Crippen LogP contribution in [0.4, 0.5) is 96.7 Å². The highest BCUT2D eigenvalue weighted by atomic mass is 35.5. The molecule has 0 fully saturated rings. The zero-order valence-electron chi connectivity index (χ0n) is 88.1. The molecule has 145 heavy (non-hydrogen) atoms. The highest BCUT2D eigenvalue weighted by Crippen LogP contribution is 2.55. The first-order valence-corrected chi connectivity index (χ1v) is 51.5. The van der Waals surface area contributed by atoms with Crippen LogP contribution in [-0.4, -0.2) is 0 Å². The highest BCUT2D eigenvalue weighted by molar-refractivity contribution is 6.44. The Kier molecular flexibility index (Phi) is 27.5. The SMILES string of the molecule is CC(C)(C)c1ccc(N(c2ccc(C(C)(C)C)cc2)c2cccc(N(c3cc(C(C)(C)C)cc(N(c4ccc(C(C)(C)C)cc4)c4ccc5cocc5c4)c3Cl)c3cccc4c3oc3ccccc34)c2)cc1.CC(C)(C)c1ccc(N(c2ccc(C(C)(C)C)cc2)c2cccc(Nc3cccc4c3oc3ccccc34)c2)cc1.CC(C)(C)c1ccc(N(c2ccc3cocc3c2)c2cc(C(C)(C)C)cc(Cl)c2Cl)cc1. The van der Waals surface area contributed by atoms with E-state index in [0.29, 0.717) is 15.1 Å². The van der Waals surface area contributed by atoms with E-state index in [0.717, 1.165) is 173 Å². The normalized spacial score (nSPS) is 12.4. The number of fused-ring (bicyclic) bond motifs is 8. The van der Waals surface area contributed by atoms with Crippen LogP contribution in [0.25, 0.3) is 65.4 Å². The van der Waals surface area contributed by atoms with Crippen LogP contribution in [0.1, 0.15) is 211 Å². The number of furan rings is 4. The first kappa shape index (κ1) is 101. The minimum absolute atomic E-state index is 0.00692. The lowest BCUT2D eigenvalue weighted by atomic mass is 9.85. The summed E-state index contributed by atoms with van der Waals surface area (Å²) in [6.07, 6.45) is 7.12. The average Bonchev–Trinajstić information content (AvgIpc) is 1.71. The number of rotatable bonds is 17. The van der Waals surface area contributed by atoms with E-state index >= 15 is 0 Å². The molecule has 0 aliphatic heterocycles. The summed E-state index contributed by atoms with van der Waals surface area (Å²) in [6.45, 7) is 53.8. The number of hydrogen-bond acceptors (Lipinski definition) is 10. The number of nitrogens with one attached hydrogen (secondary N) is 1. The molecule has 1 N–H and O–H groups in total. The molecule has 0 unspecified atom stereocenters. The molecule has 0 atom stereocenters. The van der Waals surface area contributed by atoms with Crippen molar-refractivity contribution in [2.75, 3.05) is 29.8 Å². The van der Waals surface area contributed by atoms with E-state index < -0.39 is 0 Å². The summed E-state index contributed by atoms with van der Waals surface area (Å²) in [5.41, 5.74) is 29.9. The Labute approximate surface area is 871 Å². The molecule has 0 aliphatic rings. The Bertz CT molecular complexity index is 7950. The molecule has 13 heteroatoms. The molecule has 4 heterocycles. The lowest BCUT2D eigenvalue weighted by Gasteiger charge is -2.34. The van der Waals surface area contributed by atoms with Gasteiger partial charge in [-0.2, -0.15) is 0 Å². The summed E-state index contributed by atoms with van der Waals surface area (Å²) >= 11 is 21.7. The van der Waals surface area contributed by atoms with Gasteiger partial charge in [0.05, 0.1) is 68.6 Å². The van der Waals surface area contributed by atoms with Gasteiger partial charge in [0, 0.05) is 111 Å². The van der Waals surface area contributed by atoms with Crippen molar-refractivity contribution < 1.29 is 17.7 Å². The molecule has 4 aromatic heterocycles. The second kappa shape index (κ2) is 39.4. The molecule has 0 amide bonds. The summed E-state index contributed by atoms with van der Waals surface area (Å²) in [5.74, 6) is 0. The van der Waals surface area contributed by atoms with Gasteiger partial charge in [-0.05, 0) is 282 Å². The molecule has 0 bridgehead atoms. The Morgan fingerprint density at radius 2 is 0.497 bits per heavy atom. The third-order valence-corrected chi connectivity index (χ3v) is 28.8. The van der Waals surface area contributed by atoms with E-state index in [4.69, 9.17) is 52.5 Å². The molecule has 10 nitrogen and oxygen atoms in total. The average molecular weight is 1970 g/mol. The summed E-state index contributed by atoms with van der Waals surface area (Å²) < 4.78 is 24.3. The Morgan fingerprint density at radius 3 is 0.890 bits per heavy atom. The molecular formula is C132H133Cl3N6O4. The van der Waals surface area contributed by atoms with Crippen LogP contribution in [-0.2, 0) is 43.3 Å². The van der Waals surface area contributed by atoms with Gasteiger partial charge in [-0.1, -0.05) is 347 Å². The summed E-state index contributed by atoms with van der Waals surface area (Å²) in [4.78, 5) is 11.4. The Morgan fingerprint density at radius 1 is 0.207 bits per heavy atom. The Hall–Kier alpha value is -14.1. The molecule has 0 aliphatic carbocycles. The van der Waals surface area contributed by atoms with Crippen LogP contribution in [0.5, 0.6) is 0 Å². The summed E-state index contributed by atoms with van der Waals surface area (Å²) in [7, 11) is 0. The fraction of sp³-hybridized carbons (Fsp3) is 0.242. The van der Waals surface area contributed by atoms with Crippen molar-refractivity contribution in [1.29, 1.82) is 0 Å². The first-order valence-electron chi connectivity index (χ1n) is 50.3. The predicted molar refractivity (Wildman–Crippen MR) is 621 cm³/mol. The molecule has 0 saturated heterocycles. The maximum atomic E-state index is 8.21. The standard InChI is InChI=1S/C66H66ClN3O2.C38H38N2O.C28H29Cl2NO/c1-63(2,3)45-24-31-49(32-25-45)68(50-33-26-46(27-34-50)64(4,5)6)52-17-15-18-53(40-52)70(57-21-16-20-56-55-19-13-14-22-60(55)72-62(56)57)59-39-48(66(10,11)12)38-58(61(59)67)69(51-35-28-47(29-36-51)65(7,8)9)54-30-23-43-41-71-42-44(43)37-54;1-37(2,3)26-17-21-29(22-18-26)40(30-23-19-27(20-24-30)38(4,5)6)31-12-9-11-28(25-31)39-34-15-10-14-33-32-13-7-8-16-35(32)41-36(33)34;1-27(2,3)20-8-11-22(12-9-20)31(23-10-7-18-16-32-17-19(18)13-23)25-15-21(28(4,5)6)14-24(29)26(25)30/h13-42H,1-12H3;7-25,39H,1-6H3;7-17H,1-6H3. The van der Waals surface area contributed by atoms with Crippen LogP contribution >= 0.6 is 34.8 Å². The number of hydrogen-bond donors (Lipinski definition) is 1. The van der Waals surface area contributed by atoms with Gasteiger partial charge in [0.25, 0.3) is 0 Å². The predicted octanol–water partition coefficient (Wildman–Crippen LogP) is 41.8. The number of benzene rings is 16. The van der Waals surface area contributed by atoms with Crippen molar-refractivity contribution in [3.05, 3.63) is 424 Å². The van der Waals surface area contributed by atoms with Crippen molar-refractivity contribution in [1.82, 2.24) is 0 Å². The van der Waals surface area contributed by atoms with Crippen LogP contribution in [0, 0.1) is 0 Å². The van der Waals surface area contributed by atoms with Crippen LogP contribution in [0.15, 0.2) is 382 Å². The third-order valence-electron chi connectivity index (χ3n) is 27.6. The highest BCUT2D eigenvalue weighted by Gasteiger charge is 2.33. The minimum atomic E-state index is -0.279. The minimum Gasteiger partial charge on any atom is -0.471 e. The third kappa shape index (κ3) is 21.6. The maximum absolute atomic E-state index is 8.21. The topological polar surface area (TPSA) is 80.8 Å². The monoisotopic (exact) mass is 1970 g/mol. The van der Waals surface area contributed by atoms with Crippen molar-refractivity contribution in [3.8, 4) is 0 Å². The zero-order valence-corrected chi connectivity index (χ0v) is 90.4. The van der Waals surface area contributed by atoms with Gasteiger partial charge in [0.2, 0.25) is 0 Å². The van der Waals surface area contributed by atoms with E-state index in [9.17, 15) is 0 Å². The van der Waals surface area contributed by atoms with Gasteiger partial charge in [0.15, 0.2) is 11.2 Å². The molecule has 0 spiro atoms. The Balaban J connectivity index is 0.000000159. The summed E-state index contributed by atoms with van der Waals surface area (Å²) in [5, 5.41) is 13.8. The summed E-state index contributed by atoms with van der Waals surface area (Å²) in [6, 6.07) is 121. The molecule has 736 valence electrons. The van der Waals surface area contributed by atoms with Gasteiger partial charge in [-0.3, -0.25) is 0 Å². The van der Waals surface area contributed by atoms with Gasteiger partial charge < -0.3 is 47.5 Å². The smallest absolute Gasteiger partial charge is 0.159 e. The van der Waals surface area contributed by atoms with Crippen LogP contribution < -0.4 is 29.8 Å². The van der Waals surface area contributed by atoms with Crippen molar-refractivity contribution in [2.45, 2.75) is 209 Å². The number of halogens is 3. The van der Waals surface area contributed by atoms with Gasteiger partial charge in [0.1, 0.15) is 11.2 Å². The molecular weight excluding hydrogens is 1840 g/mol. The molecule has 0 radical (unpaired) electrons. The van der Waals surface area contributed by atoms with Crippen LogP contribution in [0.2, 0.25) is 15.1 Å². The maximum Gasteiger partial charge on any atom is 0.159 e. The molecule has 20 aromatic rings. The zero-order chi connectivity index (χ0) is 103. The van der Waals surface area contributed by atoms with E-state index in [-0.39, 0.29) is 43.3 Å². The van der Waals surface area contributed by atoms with Gasteiger partial charge in [-0.15, -0.1) is 0 Å². The lowest BCUT2D eigenvalue weighted by molar-refractivity contribution is 0.572. The number of anilines is 17. The largest absolute Gasteiger partial charge is 0.471 e. The fourth-order valence-electron chi connectivity index (χ4n) is 18.9. The van der Waals surface area contributed by atoms with Crippen molar-refractivity contribution in [2.24, 2.45) is 0 Å². The van der Waals surface area contributed by atoms with Crippen molar-refractivity contribution >= 4 is 197 Å². The van der Waals surface area contributed by atoms with E-state index in [1.807, 2.05) is 36.6 Å². The van der Waals surface area contributed by atoms with Crippen LogP contribution in [0.3, 0.4) is 0 Å².